The fourth-order valence-electron chi connectivity index (χ4n) is 1.97. The van der Waals surface area contributed by atoms with E-state index in [9.17, 15) is 4.39 Å². The van der Waals surface area contributed by atoms with Crippen LogP contribution in [0, 0.1) is 5.82 Å². The zero-order valence-corrected chi connectivity index (χ0v) is 10.8. The zero-order valence-electron chi connectivity index (χ0n) is 10.8. The molecule has 102 valence electrons. The predicted octanol–water partition coefficient (Wildman–Crippen LogP) is 1.16. The predicted molar refractivity (Wildman–Crippen MR) is 70.5 cm³/mol. The molecular formula is C12H11FN6O. The van der Waals surface area contributed by atoms with Gasteiger partial charge in [0.05, 0.1) is 12.5 Å². The maximum Gasteiger partial charge on any atom is 0.250 e. The van der Waals surface area contributed by atoms with Crippen molar-refractivity contribution in [3.05, 3.63) is 24.3 Å². The van der Waals surface area contributed by atoms with E-state index in [0.717, 1.165) is 0 Å². The molecule has 0 aliphatic rings. The van der Waals surface area contributed by atoms with Crippen molar-refractivity contribution in [3.63, 3.8) is 0 Å². The standard InChI is InChI=1S/C12H11FN6O/c1-19-10-7(5-16-12(14)17-10)9(18-19)6-3-8(13)11(20-2)15-4-6/h3-5H,1-2H3,(H2,14,16,17). The quantitative estimate of drug-likeness (QED) is 0.753. The van der Waals surface area contributed by atoms with Gasteiger partial charge in [0.15, 0.2) is 11.5 Å². The Balaban J connectivity index is 2.22. The van der Waals surface area contributed by atoms with E-state index in [1.54, 1.807) is 17.9 Å². The van der Waals surface area contributed by atoms with Gasteiger partial charge in [-0.2, -0.15) is 10.1 Å². The summed E-state index contributed by atoms with van der Waals surface area (Å²) >= 11 is 0. The normalized spacial score (nSPS) is 10.9. The number of ether oxygens (including phenoxy) is 1. The maximum atomic E-state index is 13.7. The third kappa shape index (κ3) is 1.81. The molecule has 0 aliphatic heterocycles. The minimum Gasteiger partial charge on any atom is -0.479 e. The number of rotatable bonds is 2. The number of aryl methyl sites for hydroxylation is 1. The first-order valence-electron chi connectivity index (χ1n) is 5.75. The number of halogens is 1. The minimum atomic E-state index is -0.555. The second-order valence-corrected chi connectivity index (χ2v) is 4.15. The number of methoxy groups -OCH3 is 1. The molecule has 8 heteroatoms. The molecule has 0 amide bonds. The van der Waals surface area contributed by atoms with Crippen molar-refractivity contribution in [2.45, 2.75) is 0 Å². The van der Waals surface area contributed by atoms with Crippen molar-refractivity contribution in [1.82, 2.24) is 24.7 Å². The van der Waals surface area contributed by atoms with Crippen molar-refractivity contribution in [3.8, 4) is 17.1 Å². The molecule has 0 saturated carbocycles. The first-order valence-corrected chi connectivity index (χ1v) is 5.75. The van der Waals surface area contributed by atoms with Crippen molar-refractivity contribution in [1.29, 1.82) is 0 Å². The summed E-state index contributed by atoms with van der Waals surface area (Å²) in [7, 11) is 3.09. The van der Waals surface area contributed by atoms with Crippen LogP contribution in [-0.4, -0.2) is 31.8 Å². The SMILES string of the molecule is COc1ncc(-c2nn(C)c3nc(N)ncc23)cc1F. The fraction of sp³-hybridized carbons (Fsp3) is 0.167. The summed E-state index contributed by atoms with van der Waals surface area (Å²) in [5, 5.41) is 4.98. The zero-order chi connectivity index (χ0) is 14.3. The van der Waals surface area contributed by atoms with E-state index in [1.165, 1.54) is 19.4 Å². The molecule has 7 nitrogen and oxygen atoms in total. The summed E-state index contributed by atoms with van der Waals surface area (Å²) in [5.41, 5.74) is 7.18. The van der Waals surface area contributed by atoms with E-state index in [2.05, 4.69) is 20.1 Å². The van der Waals surface area contributed by atoms with Gasteiger partial charge in [-0.1, -0.05) is 0 Å². The smallest absolute Gasteiger partial charge is 0.250 e. The molecule has 0 bridgehead atoms. The molecular weight excluding hydrogens is 263 g/mol. The second kappa shape index (κ2) is 4.41. The monoisotopic (exact) mass is 274 g/mol. The molecule has 20 heavy (non-hydrogen) atoms. The average Bonchev–Trinajstić information content (AvgIpc) is 2.76. The number of nitrogens with zero attached hydrogens (tertiary/aromatic N) is 5. The van der Waals surface area contributed by atoms with Gasteiger partial charge in [-0.15, -0.1) is 0 Å². The van der Waals surface area contributed by atoms with Crippen LogP contribution in [0.3, 0.4) is 0 Å². The lowest BCUT2D eigenvalue weighted by Crippen LogP contribution is -1.97. The van der Waals surface area contributed by atoms with Gasteiger partial charge in [0.1, 0.15) is 5.69 Å². The van der Waals surface area contributed by atoms with Gasteiger partial charge < -0.3 is 10.5 Å². The van der Waals surface area contributed by atoms with Crippen LogP contribution in [0.5, 0.6) is 5.88 Å². The van der Waals surface area contributed by atoms with Gasteiger partial charge in [0, 0.05) is 25.0 Å². The molecule has 0 atom stereocenters. The first-order chi connectivity index (χ1) is 9.60. The number of anilines is 1. The number of aromatic nitrogens is 5. The number of hydrogen-bond acceptors (Lipinski definition) is 6. The second-order valence-electron chi connectivity index (χ2n) is 4.15. The Hall–Kier alpha value is -2.77. The summed E-state index contributed by atoms with van der Waals surface area (Å²) in [6.07, 6.45) is 3.04. The molecule has 0 saturated heterocycles. The van der Waals surface area contributed by atoms with Gasteiger partial charge >= 0.3 is 0 Å². The highest BCUT2D eigenvalue weighted by atomic mass is 19.1. The van der Waals surface area contributed by atoms with E-state index in [1.807, 2.05) is 0 Å². The molecule has 0 unspecified atom stereocenters. The number of nitrogen functional groups attached to an aromatic ring is 1. The topological polar surface area (TPSA) is 91.7 Å². The van der Waals surface area contributed by atoms with Crippen molar-refractivity contribution in [2.75, 3.05) is 12.8 Å². The molecule has 3 heterocycles. The summed E-state index contributed by atoms with van der Waals surface area (Å²) in [4.78, 5) is 11.9. The third-order valence-electron chi connectivity index (χ3n) is 2.87. The largest absolute Gasteiger partial charge is 0.479 e. The van der Waals surface area contributed by atoms with Gasteiger partial charge in [-0.05, 0) is 6.07 Å². The molecule has 2 N–H and O–H groups in total. The lowest BCUT2D eigenvalue weighted by Gasteiger charge is -2.02. The van der Waals surface area contributed by atoms with Crippen LogP contribution >= 0.6 is 0 Å². The van der Waals surface area contributed by atoms with Crippen LogP contribution in [0.25, 0.3) is 22.3 Å². The van der Waals surface area contributed by atoms with Crippen LogP contribution in [0.1, 0.15) is 0 Å². The molecule has 3 aromatic heterocycles. The summed E-state index contributed by atoms with van der Waals surface area (Å²) < 4.78 is 20.1. The summed E-state index contributed by atoms with van der Waals surface area (Å²) in [6.45, 7) is 0. The van der Waals surface area contributed by atoms with Crippen molar-refractivity contribution < 1.29 is 9.13 Å². The van der Waals surface area contributed by atoms with Crippen LogP contribution < -0.4 is 10.5 Å². The van der Waals surface area contributed by atoms with Crippen LogP contribution in [0.2, 0.25) is 0 Å². The Morgan fingerprint density at radius 1 is 1.30 bits per heavy atom. The van der Waals surface area contributed by atoms with Gasteiger partial charge in [0.25, 0.3) is 0 Å². The van der Waals surface area contributed by atoms with Crippen molar-refractivity contribution in [2.24, 2.45) is 7.05 Å². The first kappa shape index (κ1) is 12.3. The van der Waals surface area contributed by atoms with E-state index >= 15 is 0 Å². The fourth-order valence-corrected chi connectivity index (χ4v) is 1.97. The lowest BCUT2D eigenvalue weighted by molar-refractivity contribution is 0.369. The van der Waals surface area contributed by atoms with Crippen molar-refractivity contribution >= 4 is 17.0 Å². The van der Waals surface area contributed by atoms with Crippen LogP contribution in [0.4, 0.5) is 10.3 Å². The Kier molecular flexibility index (Phi) is 2.70. The van der Waals surface area contributed by atoms with E-state index in [4.69, 9.17) is 10.5 Å². The summed E-state index contributed by atoms with van der Waals surface area (Å²) in [6, 6.07) is 1.31. The molecule has 3 aromatic rings. The molecule has 0 aliphatic carbocycles. The van der Waals surface area contributed by atoms with E-state index in [0.29, 0.717) is 22.3 Å². The number of pyridine rings is 1. The van der Waals surface area contributed by atoms with E-state index < -0.39 is 5.82 Å². The maximum absolute atomic E-state index is 13.7. The molecule has 0 radical (unpaired) electrons. The molecule has 0 aromatic carbocycles. The van der Waals surface area contributed by atoms with Crippen LogP contribution in [-0.2, 0) is 7.05 Å². The molecule has 3 rings (SSSR count). The number of fused-ring (bicyclic) bond motifs is 1. The highest BCUT2D eigenvalue weighted by Gasteiger charge is 2.15. The highest BCUT2D eigenvalue weighted by molar-refractivity contribution is 5.90. The lowest BCUT2D eigenvalue weighted by atomic mass is 10.1. The number of nitrogens with two attached hydrogens (primary N) is 1. The Morgan fingerprint density at radius 2 is 2.10 bits per heavy atom. The van der Waals surface area contributed by atoms with Crippen LogP contribution in [0.15, 0.2) is 18.5 Å². The Bertz CT molecular complexity index is 800. The number of hydrogen-bond donors (Lipinski definition) is 1. The molecule has 0 fully saturated rings. The average molecular weight is 274 g/mol. The Morgan fingerprint density at radius 3 is 2.80 bits per heavy atom. The van der Waals surface area contributed by atoms with Gasteiger partial charge in [-0.25, -0.2) is 19.0 Å². The van der Waals surface area contributed by atoms with Gasteiger partial charge in [0.2, 0.25) is 11.8 Å². The van der Waals surface area contributed by atoms with E-state index in [-0.39, 0.29) is 11.8 Å². The summed E-state index contributed by atoms with van der Waals surface area (Å²) in [5.74, 6) is -0.458. The Labute approximate surface area is 113 Å². The highest BCUT2D eigenvalue weighted by Crippen LogP contribution is 2.28. The third-order valence-corrected chi connectivity index (χ3v) is 2.87. The van der Waals surface area contributed by atoms with Gasteiger partial charge in [-0.3, -0.25) is 0 Å². The minimum absolute atomic E-state index is 0.0607. The molecule has 0 spiro atoms.